The standard InChI is InChI=1S/C16H18N4O2S/c1-10(2)20-9-8-11(18-20)15(21)17-16-19(3)14-12(22-4)6-5-7-13(14)23-16/h5-10H,1-4H3. The fourth-order valence-corrected chi connectivity index (χ4v) is 3.36. The number of thiazole rings is 1. The largest absolute Gasteiger partial charge is 0.495 e. The van der Waals surface area contributed by atoms with E-state index >= 15 is 0 Å². The van der Waals surface area contributed by atoms with Crippen molar-refractivity contribution in [3.63, 3.8) is 0 Å². The molecule has 0 unspecified atom stereocenters. The molecule has 2 heterocycles. The minimum absolute atomic E-state index is 0.209. The summed E-state index contributed by atoms with van der Waals surface area (Å²) in [5.41, 5.74) is 1.28. The summed E-state index contributed by atoms with van der Waals surface area (Å²) in [6, 6.07) is 7.71. The lowest BCUT2D eigenvalue weighted by atomic mass is 10.3. The van der Waals surface area contributed by atoms with E-state index in [2.05, 4.69) is 10.1 Å². The normalized spacial score (nSPS) is 12.3. The van der Waals surface area contributed by atoms with E-state index in [0.29, 0.717) is 10.5 Å². The number of carbonyl (C=O) groups excluding carboxylic acids is 1. The van der Waals surface area contributed by atoms with Gasteiger partial charge in [-0.3, -0.25) is 9.48 Å². The predicted octanol–water partition coefficient (Wildman–Crippen LogP) is 2.77. The van der Waals surface area contributed by atoms with Crippen LogP contribution in [0.1, 0.15) is 30.4 Å². The molecular formula is C16H18N4O2S. The van der Waals surface area contributed by atoms with Gasteiger partial charge in [-0.1, -0.05) is 17.4 Å². The third-order valence-electron chi connectivity index (χ3n) is 3.56. The second-order valence-corrected chi connectivity index (χ2v) is 6.45. The van der Waals surface area contributed by atoms with E-state index in [1.54, 1.807) is 24.1 Å². The van der Waals surface area contributed by atoms with E-state index in [0.717, 1.165) is 16.0 Å². The summed E-state index contributed by atoms with van der Waals surface area (Å²) in [6.45, 7) is 4.02. The van der Waals surface area contributed by atoms with E-state index < -0.39 is 0 Å². The van der Waals surface area contributed by atoms with Gasteiger partial charge in [0.15, 0.2) is 10.5 Å². The van der Waals surface area contributed by atoms with Gasteiger partial charge in [-0.15, -0.1) is 0 Å². The highest BCUT2D eigenvalue weighted by Gasteiger charge is 2.12. The van der Waals surface area contributed by atoms with Crippen LogP contribution in [0.25, 0.3) is 10.2 Å². The van der Waals surface area contributed by atoms with Crippen molar-refractivity contribution < 1.29 is 9.53 Å². The molecule has 23 heavy (non-hydrogen) atoms. The maximum absolute atomic E-state index is 12.4. The molecule has 6 nitrogen and oxygen atoms in total. The number of methoxy groups -OCH3 is 1. The van der Waals surface area contributed by atoms with Gasteiger partial charge in [0.25, 0.3) is 5.91 Å². The van der Waals surface area contributed by atoms with Crippen molar-refractivity contribution in [2.75, 3.05) is 7.11 Å². The third-order valence-corrected chi connectivity index (χ3v) is 4.66. The molecule has 0 bridgehead atoms. The van der Waals surface area contributed by atoms with E-state index in [1.807, 2.05) is 43.7 Å². The fraction of sp³-hybridized carbons (Fsp3) is 0.312. The predicted molar refractivity (Wildman–Crippen MR) is 89.9 cm³/mol. The maximum atomic E-state index is 12.4. The molecule has 0 spiro atoms. The Kier molecular flexibility index (Phi) is 4.04. The molecule has 120 valence electrons. The van der Waals surface area contributed by atoms with Gasteiger partial charge in [0.2, 0.25) is 0 Å². The van der Waals surface area contributed by atoms with E-state index in [9.17, 15) is 4.79 Å². The Morgan fingerprint density at radius 1 is 1.35 bits per heavy atom. The van der Waals surface area contributed by atoms with Crippen molar-refractivity contribution in [2.24, 2.45) is 12.0 Å². The minimum Gasteiger partial charge on any atom is -0.495 e. The van der Waals surface area contributed by atoms with Crippen LogP contribution in [0, 0.1) is 0 Å². The number of carbonyl (C=O) groups is 1. The van der Waals surface area contributed by atoms with Gasteiger partial charge in [0, 0.05) is 19.3 Å². The first-order valence-electron chi connectivity index (χ1n) is 7.28. The molecule has 0 saturated carbocycles. The molecule has 7 heteroatoms. The first-order valence-corrected chi connectivity index (χ1v) is 8.09. The van der Waals surface area contributed by atoms with Gasteiger partial charge in [-0.05, 0) is 32.0 Å². The average molecular weight is 330 g/mol. The van der Waals surface area contributed by atoms with Crippen LogP contribution in [0.15, 0.2) is 35.5 Å². The zero-order valence-electron chi connectivity index (χ0n) is 13.5. The van der Waals surface area contributed by atoms with Crippen molar-refractivity contribution in [2.45, 2.75) is 19.9 Å². The van der Waals surface area contributed by atoms with E-state index in [4.69, 9.17) is 4.74 Å². The Morgan fingerprint density at radius 3 is 2.78 bits per heavy atom. The van der Waals surface area contributed by atoms with Crippen LogP contribution in [0.2, 0.25) is 0 Å². The van der Waals surface area contributed by atoms with E-state index in [1.165, 1.54) is 11.3 Å². The molecule has 2 aromatic heterocycles. The van der Waals surface area contributed by atoms with Crippen LogP contribution < -0.4 is 9.54 Å². The third kappa shape index (κ3) is 2.79. The van der Waals surface area contributed by atoms with Gasteiger partial charge in [-0.2, -0.15) is 10.1 Å². The SMILES string of the molecule is COc1cccc2sc(=NC(=O)c3ccn(C(C)C)n3)n(C)c12. The van der Waals surface area contributed by atoms with Crippen molar-refractivity contribution in [1.29, 1.82) is 0 Å². The summed E-state index contributed by atoms with van der Waals surface area (Å²) < 4.78 is 10.0. The number of aryl methyl sites for hydroxylation is 1. The molecule has 0 aliphatic carbocycles. The topological polar surface area (TPSA) is 61.4 Å². The number of aromatic nitrogens is 3. The van der Waals surface area contributed by atoms with Gasteiger partial charge in [0.05, 0.1) is 11.8 Å². The highest BCUT2D eigenvalue weighted by atomic mass is 32.1. The first-order chi connectivity index (χ1) is 11.0. The lowest BCUT2D eigenvalue weighted by Gasteiger charge is -2.03. The zero-order chi connectivity index (χ0) is 16.6. The number of fused-ring (bicyclic) bond motifs is 1. The van der Waals surface area contributed by atoms with Gasteiger partial charge >= 0.3 is 0 Å². The van der Waals surface area contributed by atoms with Crippen LogP contribution in [0.5, 0.6) is 5.75 Å². The quantitative estimate of drug-likeness (QED) is 0.742. The Hall–Kier alpha value is -2.41. The highest BCUT2D eigenvalue weighted by molar-refractivity contribution is 7.16. The summed E-state index contributed by atoms with van der Waals surface area (Å²) >= 11 is 1.45. The molecular weight excluding hydrogens is 312 g/mol. The van der Waals surface area contributed by atoms with Gasteiger partial charge < -0.3 is 9.30 Å². The number of nitrogens with zero attached hydrogens (tertiary/aromatic N) is 4. The number of ether oxygens (including phenoxy) is 1. The molecule has 0 aliphatic heterocycles. The monoisotopic (exact) mass is 330 g/mol. The molecule has 0 N–H and O–H groups in total. The first kappa shape index (κ1) is 15.5. The summed E-state index contributed by atoms with van der Waals surface area (Å²) in [7, 11) is 3.51. The maximum Gasteiger partial charge on any atom is 0.300 e. The Morgan fingerprint density at radius 2 is 2.13 bits per heavy atom. The number of rotatable bonds is 3. The zero-order valence-corrected chi connectivity index (χ0v) is 14.3. The molecule has 3 aromatic rings. The van der Waals surface area contributed by atoms with Gasteiger partial charge in [0.1, 0.15) is 11.3 Å². The number of benzene rings is 1. The van der Waals surface area contributed by atoms with E-state index in [-0.39, 0.29) is 11.9 Å². The molecule has 1 aromatic carbocycles. The van der Waals surface area contributed by atoms with Crippen molar-refractivity contribution >= 4 is 27.5 Å². The molecule has 0 saturated heterocycles. The fourth-order valence-electron chi connectivity index (χ4n) is 2.32. The number of hydrogen-bond acceptors (Lipinski definition) is 4. The van der Waals surface area contributed by atoms with Crippen molar-refractivity contribution in [3.05, 3.63) is 41.0 Å². The minimum atomic E-state index is -0.342. The lowest BCUT2D eigenvalue weighted by molar-refractivity contribution is 0.0992. The molecule has 0 aliphatic rings. The summed E-state index contributed by atoms with van der Waals surface area (Å²) in [5, 5.41) is 4.27. The van der Waals surface area contributed by atoms with Crippen LogP contribution >= 0.6 is 11.3 Å². The van der Waals surface area contributed by atoms with Crippen molar-refractivity contribution in [3.8, 4) is 5.75 Å². The molecule has 0 radical (unpaired) electrons. The molecule has 3 rings (SSSR count). The summed E-state index contributed by atoms with van der Waals surface area (Å²) in [4.78, 5) is 17.2. The lowest BCUT2D eigenvalue weighted by Crippen LogP contribution is -2.14. The summed E-state index contributed by atoms with van der Waals surface area (Å²) in [5.74, 6) is 0.421. The number of amides is 1. The molecule has 1 amide bonds. The molecule has 0 fully saturated rings. The van der Waals surface area contributed by atoms with Crippen LogP contribution in [0.4, 0.5) is 0 Å². The highest BCUT2D eigenvalue weighted by Crippen LogP contribution is 2.26. The Labute approximate surface area is 137 Å². The molecule has 0 atom stereocenters. The van der Waals surface area contributed by atoms with Crippen LogP contribution in [0.3, 0.4) is 0 Å². The number of para-hydroxylation sites is 1. The Bertz CT molecular complexity index is 933. The second-order valence-electron chi connectivity index (χ2n) is 5.44. The smallest absolute Gasteiger partial charge is 0.300 e. The van der Waals surface area contributed by atoms with Crippen LogP contribution in [-0.4, -0.2) is 27.4 Å². The second kappa shape index (κ2) is 6.00. The van der Waals surface area contributed by atoms with Crippen molar-refractivity contribution in [1.82, 2.24) is 14.3 Å². The van der Waals surface area contributed by atoms with Gasteiger partial charge in [-0.25, -0.2) is 0 Å². The number of hydrogen-bond donors (Lipinski definition) is 0. The van der Waals surface area contributed by atoms with Crippen LogP contribution in [-0.2, 0) is 7.05 Å². The summed E-state index contributed by atoms with van der Waals surface area (Å²) in [6.07, 6.45) is 1.79. The average Bonchev–Trinajstić information content (AvgIpc) is 3.13. The Balaban J connectivity index is 2.06.